The molecule has 104 valence electrons. The Balaban J connectivity index is 3.03. The maximum absolute atomic E-state index is 11.7. The molecule has 0 saturated carbocycles. The van der Waals surface area contributed by atoms with Crippen molar-refractivity contribution < 1.29 is 34.8 Å². The average Bonchev–Trinajstić information content (AvgIpc) is 1.90. The highest BCUT2D eigenvalue weighted by Gasteiger charge is 2.56. The Morgan fingerprint density at radius 3 is 1.89 bits per heavy atom. The van der Waals surface area contributed by atoms with E-state index in [1.54, 1.807) is 0 Å². The van der Waals surface area contributed by atoms with Gasteiger partial charge in [-0.05, 0) is 20.8 Å². The fraction of sp³-hybridized carbons (Fsp3) is 0.800. The fourth-order valence-electron chi connectivity index (χ4n) is 1.64. The summed E-state index contributed by atoms with van der Waals surface area (Å²) in [5, 5.41) is 38.2. The van der Waals surface area contributed by atoms with E-state index >= 15 is 0 Å². The smallest absolute Gasteiger partial charge is 0.418 e. The normalized spacial score (nSPS) is 22.8. The largest absolute Gasteiger partial charge is 0.443 e. The van der Waals surface area contributed by atoms with E-state index in [-0.39, 0.29) is 4.90 Å². The maximum Gasteiger partial charge on any atom is 0.418 e. The molecule has 0 bridgehead atoms. The third kappa shape index (κ3) is 3.16. The van der Waals surface area contributed by atoms with Gasteiger partial charge in [0, 0.05) is 0 Å². The molecule has 0 unspecified atom stereocenters. The van der Waals surface area contributed by atoms with E-state index in [1.807, 2.05) is 0 Å². The molecule has 1 rings (SSSR count). The standard InChI is InChI=1S/C10H17NO7/c1-8(2,3)18-7(13)11-9(14,15)4-6(12)5-10(11,16)17/h14-17H,4-5H2,1-3H3. The van der Waals surface area contributed by atoms with Gasteiger partial charge in [0.2, 0.25) is 0 Å². The number of rotatable bonds is 0. The Bertz CT molecular complexity index is 349. The molecule has 4 N–H and O–H groups in total. The average molecular weight is 263 g/mol. The van der Waals surface area contributed by atoms with Gasteiger partial charge in [-0.3, -0.25) is 4.79 Å². The second-order valence-electron chi connectivity index (χ2n) is 5.26. The van der Waals surface area contributed by atoms with Crippen LogP contribution in [0.25, 0.3) is 0 Å². The van der Waals surface area contributed by atoms with Crippen LogP contribution in [0, 0.1) is 0 Å². The molecule has 8 heteroatoms. The Labute approximate surface area is 103 Å². The second kappa shape index (κ2) is 4.16. The molecule has 1 fully saturated rings. The van der Waals surface area contributed by atoms with Gasteiger partial charge in [-0.15, -0.1) is 0 Å². The van der Waals surface area contributed by atoms with Gasteiger partial charge in [0.25, 0.3) is 11.8 Å². The molecule has 0 spiro atoms. The number of hydrogen-bond acceptors (Lipinski definition) is 7. The van der Waals surface area contributed by atoms with Gasteiger partial charge in [-0.2, -0.15) is 0 Å². The summed E-state index contributed by atoms with van der Waals surface area (Å²) < 4.78 is 4.82. The first-order valence-corrected chi connectivity index (χ1v) is 5.30. The zero-order valence-electron chi connectivity index (χ0n) is 10.4. The fourth-order valence-corrected chi connectivity index (χ4v) is 1.64. The van der Waals surface area contributed by atoms with Crippen molar-refractivity contribution in [3.8, 4) is 0 Å². The SMILES string of the molecule is CC(C)(C)OC(=O)N1C(O)(O)CC(=O)CC1(O)O. The van der Waals surface area contributed by atoms with E-state index in [4.69, 9.17) is 4.74 Å². The van der Waals surface area contributed by atoms with Crippen molar-refractivity contribution in [2.75, 3.05) is 0 Å². The van der Waals surface area contributed by atoms with E-state index in [9.17, 15) is 30.0 Å². The number of Topliss-reactive ketones (excluding diaryl/α,β-unsaturated/α-hetero) is 1. The number of ether oxygens (including phenoxy) is 1. The molecule has 8 nitrogen and oxygen atoms in total. The summed E-state index contributed by atoms with van der Waals surface area (Å²) in [5.41, 5.74) is -0.968. The molecular weight excluding hydrogens is 246 g/mol. The molecule has 18 heavy (non-hydrogen) atoms. The zero-order valence-corrected chi connectivity index (χ0v) is 10.4. The van der Waals surface area contributed by atoms with Crippen molar-refractivity contribution in [2.24, 2.45) is 0 Å². The Morgan fingerprint density at radius 1 is 1.17 bits per heavy atom. The third-order valence-electron chi connectivity index (χ3n) is 2.16. The minimum absolute atomic E-state index is 0.0628. The predicted molar refractivity (Wildman–Crippen MR) is 56.7 cm³/mol. The van der Waals surface area contributed by atoms with Crippen LogP contribution in [0.3, 0.4) is 0 Å². The summed E-state index contributed by atoms with van der Waals surface area (Å²) in [7, 11) is 0. The first-order chi connectivity index (χ1) is 7.85. The van der Waals surface area contributed by atoms with Crippen molar-refractivity contribution in [1.82, 2.24) is 4.90 Å². The Morgan fingerprint density at radius 2 is 1.56 bits per heavy atom. The van der Waals surface area contributed by atoms with Crippen LogP contribution < -0.4 is 0 Å². The van der Waals surface area contributed by atoms with Crippen molar-refractivity contribution in [1.29, 1.82) is 0 Å². The highest BCUT2D eigenvalue weighted by atomic mass is 16.6. The highest BCUT2D eigenvalue weighted by Crippen LogP contribution is 2.32. The van der Waals surface area contributed by atoms with Crippen molar-refractivity contribution >= 4 is 11.9 Å². The second-order valence-corrected chi connectivity index (χ2v) is 5.26. The Hall–Kier alpha value is -1.22. The predicted octanol–water partition coefficient (Wildman–Crippen LogP) is -1.14. The summed E-state index contributed by atoms with van der Waals surface area (Å²) >= 11 is 0. The topological polar surface area (TPSA) is 128 Å². The van der Waals surface area contributed by atoms with Crippen LogP contribution in [0.5, 0.6) is 0 Å². The lowest BCUT2D eigenvalue weighted by molar-refractivity contribution is -0.375. The molecule has 1 aliphatic heterocycles. The molecule has 1 heterocycles. The van der Waals surface area contributed by atoms with Crippen molar-refractivity contribution in [2.45, 2.75) is 51.0 Å². The van der Waals surface area contributed by atoms with E-state index < -0.39 is 42.1 Å². The van der Waals surface area contributed by atoms with Crippen molar-refractivity contribution in [3.63, 3.8) is 0 Å². The maximum atomic E-state index is 11.7. The number of ketones is 1. The molecule has 0 aromatic rings. The number of aliphatic hydroxyl groups is 4. The quantitative estimate of drug-likeness (QED) is 0.407. The van der Waals surface area contributed by atoms with Crippen LogP contribution in [0.2, 0.25) is 0 Å². The summed E-state index contributed by atoms with van der Waals surface area (Å²) in [6.45, 7) is 4.56. The van der Waals surface area contributed by atoms with Crippen LogP contribution >= 0.6 is 0 Å². The first kappa shape index (κ1) is 14.8. The third-order valence-corrected chi connectivity index (χ3v) is 2.16. The van der Waals surface area contributed by atoms with E-state index in [0.717, 1.165) is 0 Å². The number of carbonyl (C=O) groups excluding carboxylic acids is 2. The Kier molecular flexibility index (Phi) is 3.43. The zero-order chi connectivity index (χ0) is 14.4. The van der Waals surface area contributed by atoms with E-state index in [0.29, 0.717) is 0 Å². The van der Waals surface area contributed by atoms with Crippen molar-refractivity contribution in [3.05, 3.63) is 0 Å². The van der Waals surface area contributed by atoms with Crippen LogP contribution in [0.1, 0.15) is 33.6 Å². The van der Waals surface area contributed by atoms with Gasteiger partial charge in [-0.1, -0.05) is 0 Å². The van der Waals surface area contributed by atoms with Gasteiger partial charge < -0.3 is 25.2 Å². The van der Waals surface area contributed by atoms with E-state index in [1.165, 1.54) is 20.8 Å². The molecule has 1 aliphatic rings. The summed E-state index contributed by atoms with van der Waals surface area (Å²) in [6, 6.07) is 0. The van der Waals surface area contributed by atoms with E-state index in [2.05, 4.69) is 0 Å². The summed E-state index contributed by atoms with van der Waals surface area (Å²) in [6.07, 6.45) is -2.99. The highest BCUT2D eigenvalue weighted by molar-refractivity contribution is 5.83. The number of piperidine rings is 1. The molecule has 0 aromatic heterocycles. The van der Waals surface area contributed by atoms with Crippen LogP contribution in [-0.4, -0.2) is 54.6 Å². The van der Waals surface area contributed by atoms with Crippen LogP contribution in [0.4, 0.5) is 4.79 Å². The molecule has 1 amide bonds. The monoisotopic (exact) mass is 263 g/mol. The lowest BCUT2D eigenvalue weighted by Crippen LogP contribution is -2.68. The molecule has 0 aliphatic carbocycles. The van der Waals surface area contributed by atoms with Gasteiger partial charge in [-0.25, -0.2) is 9.69 Å². The molecule has 0 radical (unpaired) electrons. The number of carbonyl (C=O) groups is 2. The molecule has 0 atom stereocenters. The minimum Gasteiger partial charge on any atom is -0.443 e. The van der Waals surface area contributed by atoms with Gasteiger partial charge in [0.05, 0.1) is 12.8 Å². The number of nitrogens with zero attached hydrogens (tertiary/aromatic N) is 1. The minimum atomic E-state index is -3.00. The van der Waals surface area contributed by atoms with Gasteiger partial charge in [0.1, 0.15) is 11.4 Å². The lowest BCUT2D eigenvalue weighted by atomic mass is 10.0. The summed E-state index contributed by atoms with van der Waals surface area (Å²) in [5.74, 6) is -6.80. The van der Waals surface area contributed by atoms with Gasteiger partial charge in [0.15, 0.2) is 0 Å². The number of hydrogen-bond donors (Lipinski definition) is 4. The molecule has 1 saturated heterocycles. The molecule has 0 aromatic carbocycles. The number of likely N-dealkylation sites (tertiary alicyclic amines) is 1. The van der Waals surface area contributed by atoms with Crippen LogP contribution in [0.15, 0.2) is 0 Å². The molecular formula is C10H17NO7. The number of amides is 1. The summed E-state index contributed by atoms with van der Waals surface area (Å²) in [4.78, 5) is 22.8. The lowest BCUT2D eigenvalue weighted by Gasteiger charge is -2.45. The first-order valence-electron chi connectivity index (χ1n) is 5.30. The van der Waals surface area contributed by atoms with Crippen LogP contribution in [-0.2, 0) is 9.53 Å². The van der Waals surface area contributed by atoms with Gasteiger partial charge >= 0.3 is 6.09 Å².